The zero-order valence-electron chi connectivity index (χ0n) is 18.7. The molecule has 0 spiro atoms. The lowest BCUT2D eigenvalue weighted by Crippen LogP contribution is -2.35. The molecular weight excluding hydrogens is 450 g/mol. The number of fused-ring (bicyclic) bond motifs is 2. The molecule has 2 aromatic carbocycles. The van der Waals surface area contributed by atoms with Gasteiger partial charge in [0, 0.05) is 34.7 Å². The number of aromatic nitrogens is 1. The van der Waals surface area contributed by atoms with Crippen molar-refractivity contribution in [3.05, 3.63) is 52.9 Å². The van der Waals surface area contributed by atoms with E-state index in [1.807, 2.05) is 22.4 Å². The van der Waals surface area contributed by atoms with Crippen LogP contribution >= 0.6 is 11.3 Å². The molecule has 174 valence electrons. The van der Waals surface area contributed by atoms with E-state index in [0.717, 1.165) is 55.6 Å². The van der Waals surface area contributed by atoms with Crippen LogP contribution in [0.1, 0.15) is 48.0 Å². The van der Waals surface area contributed by atoms with Crippen molar-refractivity contribution in [1.82, 2.24) is 4.98 Å². The summed E-state index contributed by atoms with van der Waals surface area (Å²) in [4.78, 5) is 32.3. The molecule has 0 saturated heterocycles. The molecule has 7 nitrogen and oxygen atoms in total. The number of anilines is 2. The topological polar surface area (TPSA) is 80.8 Å². The zero-order chi connectivity index (χ0) is 23.1. The summed E-state index contributed by atoms with van der Waals surface area (Å²) in [6.07, 6.45) is 6.46. The van der Waals surface area contributed by atoms with Crippen LogP contribution in [-0.4, -0.2) is 30.1 Å². The first-order valence-corrected chi connectivity index (χ1v) is 12.6. The number of carbonyl (C=O) groups is 2. The summed E-state index contributed by atoms with van der Waals surface area (Å²) in [6, 6.07) is 11.3. The molecule has 0 atom stereocenters. The van der Waals surface area contributed by atoms with E-state index in [1.165, 1.54) is 23.3 Å². The maximum Gasteiger partial charge on any atom is 0.257 e. The van der Waals surface area contributed by atoms with Crippen LogP contribution in [0, 0.1) is 5.92 Å². The van der Waals surface area contributed by atoms with Crippen LogP contribution < -0.4 is 19.7 Å². The minimum Gasteiger partial charge on any atom is -0.454 e. The van der Waals surface area contributed by atoms with Crippen LogP contribution in [0.5, 0.6) is 11.5 Å². The van der Waals surface area contributed by atoms with Gasteiger partial charge < -0.3 is 14.4 Å². The Kier molecular flexibility index (Phi) is 5.45. The minimum absolute atomic E-state index is 0.170. The van der Waals surface area contributed by atoms with Gasteiger partial charge in [0.15, 0.2) is 16.6 Å². The number of ether oxygens (including phenoxy) is 2. The molecular formula is C26H25N3O4S. The number of hydrogen-bond acceptors (Lipinski definition) is 6. The molecule has 2 aliphatic heterocycles. The van der Waals surface area contributed by atoms with Crippen LogP contribution in [0.25, 0.3) is 11.3 Å². The first kappa shape index (κ1) is 21.2. The van der Waals surface area contributed by atoms with Crippen molar-refractivity contribution >= 4 is 34.0 Å². The third-order valence-electron chi connectivity index (χ3n) is 6.85. The van der Waals surface area contributed by atoms with Crippen molar-refractivity contribution in [3.63, 3.8) is 0 Å². The van der Waals surface area contributed by atoms with Gasteiger partial charge in [-0.05, 0) is 55.2 Å². The Bertz CT molecular complexity index is 1260. The van der Waals surface area contributed by atoms with Crippen LogP contribution in [0.3, 0.4) is 0 Å². The third kappa shape index (κ3) is 3.92. The highest BCUT2D eigenvalue weighted by Crippen LogP contribution is 2.36. The molecule has 3 aromatic rings. The second-order valence-electron chi connectivity index (χ2n) is 8.98. The van der Waals surface area contributed by atoms with E-state index < -0.39 is 0 Å². The molecule has 1 N–H and O–H groups in total. The third-order valence-corrected chi connectivity index (χ3v) is 7.61. The summed E-state index contributed by atoms with van der Waals surface area (Å²) < 4.78 is 10.7. The van der Waals surface area contributed by atoms with Gasteiger partial charge >= 0.3 is 0 Å². The van der Waals surface area contributed by atoms with E-state index in [-0.39, 0.29) is 24.5 Å². The van der Waals surface area contributed by atoms with Gasteiger partial charge in [0.1, 0.15) is 0 Å². The van der Waals surface area contributed by atoms with Gasteiger partial charge in [-0.2, -0.15) is 0 Å². The van der Waals surface area contributed by atoms with E-state index in [4.69, 9.17) is 9.47 Å². The Balaban J connectivity index is 1.16. The highest BCUT2D eigenvalue weighted by molar-refractivity contribution is 7.14. The fourth-order valence-electron chi connectivity index (χ4n) is 5.03. The average molecular weight is 476 g/mol. The van der Waals surface area contributed by atoms with Crippen molar-refractivity contribution in [2.75, 3.05) is 23.6 Å². The number of rotatable bonds is 4. The number of benzene rings is 2. The summed E-state index contributed by atoms with van der Waals surface area (Å²) in [5.41, 5.74) is 4.50. The lowest BCUT2D eigenvalue weighted by molar-refractivity contribution is -0.123. The lowest BCUT2D eigenvalue weighted by atomic mass is 9.88. The molecule has 0 bridgehead atoms. The van der Waals surface area contributed by atoms with E-state index in [9.17, 15) is 9.59 Å². The summed E-state index contributed by atoms with van der Waals surface area (Å²) in [5, 5.41) is 5.35. The van der Waals surface area contributed by atoms with Gasteiger partial charge in [0.25, 0.3) is 5.91 Å². The zero-order valence-corrected chi connectivity index (χ0v) is 19.5. The average Bonchev–Trinajstić information content (AvgIpc) is 3.62. The summed E-state index contributed by atoms with van der Waals surface area (Å²) in [5.74, 6) is 1.43. The predicted molar refractivity (Wildman–Crippen MR) is 131 cm³/mol. The summed E-state index contributed by atoms with van der Waals surface area (Å²) in [6.45, 7) is 0.922. The van der Waals surface area contributed by atoms with Crippen LogP contribution in [0.2, 0.25) is 0 Å². The number of carbonyl (C=O) groups excluding carboxylic acids is 2. The van der Waals surface area contributed by atoms with Crippen molar-refractivity contribution in [2.45, 2.75) is 38.5 Å². The Morgan fingerprint density at radius 3 is 2.76 bits per heavy atom. The van der Waals surface area contributed by atoms with Gasteiger partial charge in [-0.3, -0.25) is 14.9 Å². The molecule has 1 aromatic heterocycles. The molecule has 1 aliphatic carbocycles. The Labute approximate surface area is 201 Å². The monoisotopic (exact) mass is 475 g/mol. The maximum absolute atomic E-state index is 13.1. The van der Waals surface area contributed by atoms with Crippen molar-refractivity contribution in [1.29, 1.82) is 0 Å². The van der Waals surface area contributed by atoms with E-state index >= 15 is 0 Å². The SMILES string of the molecule is O=C(Nc1nc(-c2ccc3c(c2)CCN3C(=O)C2CCCCC2)cs1)c1ccc2c(c1)OCO2. The normalized spacial score (nSPS) is 17.0. The standard InChI is InChI=1S/C26H25N3O4S/c30-24(19-7-9-22-23(13-19)33-15-32-22)28-26-27-20(14-34-26)17-6-8-21-18(12-17)10-11-29(21)25(31)16-4-2-1-3-5-16/h6-9,12-14,16H,1-5,10-11,15H2,(H,27,28,30). The van der Waals surface area contributed by atoms with Gasteiger partial charge in [-0.25, -0.2) is 4.98 Å². The predicted octanol–water partition coefficient (Wildman–Crippen LogP) is 5.26. The van der Waals surface area contributed by atoms with Crippen LogP contribution in [0.4, 0.5) is 10.8 Å². The van der Waals surface area contributed by atoms with E-state index in [2.05, 4.69) is 16.4 Å². The van der Waals surface area contributed by atoms with E-state index in [0.29, 0.717) is 22.2 Å². The summed E-state index contributed by atoms with van der Waals surface area (Å²) in [7, 11) is 0. The number of hydrogen-bond donors (Lipinski definition) is 1. The number of nitrogens with one attached hydrogen (secondary N) is 1. The van der Waals surface area contributed by atoms with Crippen molar-refractivity contribution in [3.8, 4) is 22.8 Å². The summed E-state index contributed by atoms with van der Waals surface area (Å²) >= 11 is 1.39. The van der Waals surface area contributed by atoms with E-state index in [1.54, 1.807) is 18.2 Å². The molecule has 0 radical (unpaired) electrons. The molecule has 0 unspecified atom stereocenters. The van der Waals surface area contributed by atoms with Gasteiger partial charge in [-0.15, -0.1) is 11.3 Å². The fraction of sp³-hybridized carbons (Fsp3) is 0.346. The molecule has 8 heteroatoms. The Morgan fingerprint density at radius 2 is 1.88 bits per heavy atom. The lowest BCUT2D eigenvalue weighted by Gasteiger charge is -2.26. The van der Waals surface area contributed by atoms with Crippen molar-refractivity contribution in [2.24, 2.45) is 5.92 Å². The van der Waals surface area contributed by atoms with Crippen LogP contribution in [-0.2, 0) is 11.2 Å². The number of amides is 2. The molecule has 1 fully saturated rings. The minimum atomic E-state index is -0.245. The fourth-order valence-corrected chi connectivity index (χ4v) is 5.75. The first-order valence-electron chi connectivity index (χ1n) is 11.8. The highest BCUT2D eigenvalue weighted by atomic mass is 32.1. The Morgan fingerprint density at radius 1 is 1.03 bits per heavy atom. The smallest absolute Gasteiger partial charge is 0.257 e. The maximum atomic E-state index is 13.1. The van der Waals surface area contributed by atoms with Gasteiger partial charge in [-0.1, -0.05) is 25.3 Å². The van der Waals surface area contributed by atoms with Gasteiger partial charge in [0.05, 0.1) is 5.69 Å². The first-order chi connectivity index (χ1) is 16.7. The number of nitrogens with zero attached hydrogens (tertiary/aromatic N) is 2. The van der Waals surface area contributed by atoms with Crippen molar-refractivity contribution < 1.29 is 19.1 Å². The molecule has 3 heterocycles. The quantitative estimate of drug-likeness (QED) is 0.557. The number of thiazole rings is 1. The second kappa shape index (κ2) is 8.76. The Hall–Kier alpha value is -3.39. The van der Waals surface area contributed by atoms with Crippen LogP contribution in [0.15, 0.2) is 41.8 Å². The van der Waals surface area contributed by atoms with Gasteiger partial charge in [0.2, 0.25) is 12.7 Å². The molecule has 3 aliphatic rings. The molecule has 34 heavy (non-hydrogen) atoms. The highest BCUT2D eigenvalue weighted by Gasteiger charge is 2.31. The second-order valence-corrected chi connectivity index (χ2v) is 9.84. The molecule has 2 amide bonds. The molecule has 1 saturated carbocycles. The molecule has 6 rings (SSSR count). The largest absolute Gasteiger partial charge is 0.454 e.